The van der Waals surface area contributed by atoms with Crippen molar-refractivity contribution in [2.24, 2.45) is 0 Å². The van der Waals surface area contributed by atoms with E-state index in [-0.39, 0.29) is 0 Å². The minimum Gasteiger partial charge on any atom is -0.141 e. The molecule has 1 aliphatic carbocycles. The largest absolute Gasteiger partial charge is 0.141 e. The van der Waals surface area contributed by atoms with Crippen molar-refractivity contribution >= 4 is 23.5 Å². The number of thiophene rings is 1. The van der Waals surface area contributed by atoms with Crippen LogP contribution < -0.4 is 0 Å². The van der Waals surface area contributed by atoms with E-state index in [9.17, 15) is 0 Å². The van der Waals surface area contributed by atoms with Gasteiger partial charge in [0.1, 0.15) is 0 Å². The van der Waals surface area contributed by atoms with Gasteiger partial charge in [0.05, 0.1) is 0 Å². The zero-order valence-corrected chi connectivity index (χ0v) is 9.47. The molecular formula is C14H12S. The molecule has 1 heterocycles. The van der Waals surface area contributed by atoms with E-state index in [1.807, 2.05) is 11.3 Å². The van der Waals surface area contributed by atoms with Crippen molar-refractivity contribution in [2.45, 2.75) is 13.3 Å². The number of hydrogen-bond donors (Lipinski definition) is 0. The fraction of sp³-hybridized carbons (Fsp3) is 0.143. The van der Waals surface area contributed by atoms with E-state index in [0.29, 0.717) is 0 Å². The molecule has 0 N–H and O–H groups in total. The Hall–Kier alpha value is -1.34. The van der Waals surface area contributed by atoms with E-state index < -0.39 is 0 Å². The molecule has 74 valence electrons. The Bertz CT molecular complexity index is 532. The van der Waals surface area contributed by atoms with Gasteiger partial charge in [-0.15, -0.1) is 11.3 Å². The third-order valence-electron chi connectivity index (χ3n) is 2.82. The van der Waals surface area contributed by atoms with Gasteiger partial charge in [0.2, 0.25) is 0 Å². The molecule has 0 aliphatic heterocycles. The Morgan fingerprint density at radius 2 is 1.93 bits per heavy atom. The van der Waals surface area contributed by atoms with Gasteiger partial charge in [0.25, 0.3) is 0 Å². The van der Waals surface area contributed by atoms with Crippen LogP contribution in [0.4, 0.5) is 0 Å². The second kappa shape index (κ2) is 3.35. The number of rotatable bonds is 0. The summed E-state index contributed by atoms with van der Waals surface area (Å²) in [6.07, 6.45) is 5.55. The lowest BCUT2D eigenvalue weighted by atomic mass is 10.0. The van der Waals surface area contributed by atoms with Crippen LogP contribution in [0.3, 0.4) is 0 Å². The standard InChI is InChI=1S/C14H12S/c1-10-8-13-9-12-5-3-2-4-11(12)6-7-14(13)15-10/h2-8H,9H2,1H3. The third-order valence-corrected chi connectivity index (χ3v) is 3.87. The second-order valence-corrected chi connectivity index (χ2v) is 5.24. The average Bonchev–Trinajstić information content (AvgIpc) is 2.49. The molecule has 0 spiro atoms. The summed E-state index contributed by atoms with van der Waals surface area (Å²) in [4.78, 5) is 2.83. The van der Waals surface area contributed by atoms with Crippen molar-refractivity contribution in [3.63, 3.8) is 0 Å². The van der Waals surface area contributed by atoms with Crippen LogP contribution in [-0.4, -0.2) is 0 Å². The van der Waals surface area contributed by atoms with Crippen LogP contribution in [0, 0.1) is 6.92 Å². The molecule has 1 heteroatoms. The van der Waals surface area contributed by atoms with Crippen LogP contribution in [-0.2, 0) is 6.42 Å². The Morgan fingerprint density at radius 3 is 2.87 bits per heavy atom. The lowest BCUT2D eigenvalue weighted by molar-refractivity contribution is 1.20. The highest BCUT2D eigenvalue weighted by Gasteiger charge is 2.10. The minimum absolute atomic E-state index is 1.07. The lowest BCUT2D eigenvalue weighted by Gasteiger charge is -2.02. The molecule has 3 rings (SSSR count). The summed E-state index contributed by atoms with van der Waals surface area (Å²) in [6.45, 7) is 2.18. The summed E-state index contributed by atoms with van der Waals surface area (Å²) >= 11 is 1.89. The fourth-order valence-corrected chi connectivity index (χ4v) is 3.04. The van der Waals surface area contributed by atoms with E-state index in [2.05, 4.69) is 49.4 Å². The van der Waals surface area contributed by atoms with E-state index in [1.165, 1.54) is 26.4 Å². The van der Waals surface area contributed by atoms with Gasteiger partial charge in [-0.25, -0.2) is 0 Å². The van der Waals surface area contributed by atoms with E-state index in [4.69, 9.17) is 0 Å². The van der Waals surface area contributed by atoms with Gasteiger partial charge >= 0.3 is 0 Å². The van der Waals surface area contributed by atoms with E-state index in [0.717, 1.165) is 6.42 Å². The van der Waals surface area contributed by atoms with Crippen molar-refractivity contribution in [3.8, 4) is 0 Å². The lowest BCUT2D eigenvalue weighted by Crippen LogP contribution is -1.88. The predicted molar refractivity (Wildman–Crippen MR) is 67.2 cm³/mol. The van der Waals surface area contributed by atoms with Crippen LogP contribution in [0.1, 0.15) is 26.4 Å². The molecule has 2 aromatic rings. The Labute approximate surface area is 93.9 Å². The summed E-state index contributed by atoms with van der Waals surface area (Å²) in [5.74, 6) is 0. The average molecular weight is 212 g/mol. The highest BCUT2D eigenvalue weighted by Crippen LogP contribution is 2.30. The molecule has 0 fully saturated rings. The second-order valence-electron chi connectivity index (χ2n) is 3.96. The molecule has 0 saturated heterocycles. The van der Waals surface area contributed by atoms with Gasteiger partial charge in [-0.05, 0) is 42.2 Å². The van der Waals surface area contributed by atoms with Gasteiger partial charge in [0.15, 0.2) is 0 Å². The maximum atomic E-state index is 2.31. The van der Waals surface area contributed by atoms with E-state index >= 15 is 0 Å². The van der Waals surface area contributed by atoms with Crippen molar-refractivity contribution in [3.05, 3.63) is 56.8 Å². The monoisotopic (exact) mass is 212 g/mol. The smallest absolute Gasteiger partial charge is 0.0308 e. The van der Waals surface area contributed by atoms with Crippen LogP contribution in [0.5, 0.6) is 0 Å². The molecule has 1 aliphatic rings. The normalized spacial score (nSPS) is 13.1. The predicted octanol–water partition coefficient (Wildman–Crippen LogP) is 4.13. The topological polar surface area (TPSA) is 0 Å². The van der Waals surface area contributed by atoms with Gasteiger partial charge in [-0.1, -0.05) is 30.3 Å². The summed E-state index contributed by atoms with van der Waals surface area (Å²) in [6, 6.07) is 11.0. The van der Waals surface area contributed by atoms with Crippen molar-refractivity contribution in [1.29, 1.82) is 0 Å². The van der Waals surface area contributed by atoms with Crippen molar-refractivity contribution in [1.82, 2.24) is 0 Å². The maximum Gasteiger partial charge on any atom is 0.0308 e. The first-order valence-corrected chi connectivity index (χ1v) is 6.00. The molecular weight excluding hydrogens is 200 g/mol. The highest BCUT2D eigenvalue weighted by atomic mass is 32.1. The van der Waals surface area contributed by atoms with Crippen LogP contribution >= 0.6 is 11.3 Å². The first-order chi connectivity index (χ1) is 7.33. The summed E-state index contributed by atoms with van der Waals surface area (Å²) in [5, 5.41) is 0. The number of aryl methyl sites for hydroxylation is 1. The number of hydrogen-bond acceptors (Lipinski definition) is 1. The molecule has 1 aromatic heterocycles. The summed E-state index contributed by atoms with van der Waals surface area (Å²) in [5.41, 5.74) is 4.27. The molecule has 0 bridgehead atoms. The summed E-state index contributed by atoms with van der Waals surface area (Å²) in [7, 11) is 0. The van der Waals surface area contributed by atoms with Crippen molar-refractivity contribution in [2.75, 3.05) is 0 Å². The maximum absolute atomic E-state index is 2.31. The van der Waals surface area contributed by atoms with Gasteiger partial charge in [-0.3, -0.25) is 0 Å². The van der Waals surface area contributed by atoms with Gasteiger partial charge in [-0.2, -0.15) is 0 Å². The first-order valence-electron chi connectivity index (χ1n) is 5.18. The first kappa shape index (κ1) is 8.93. The molecule has 0 nitrogen and oxygen atoms in total. The molecule has 0 saturated carbocycles. The Balaban J connectivity index is 2.17. The van der Waals surface area contributed by atoms with Crippen molar-refractivity contribution < 1.29 is 0 Å². The summed E-state index contributed by atoms with van der Waals surface area (Å²) < 4.78 is 0. The Kier molecular flexibility index (Phi) is 2.00. The van der Waals surface area contributed by atoms with Crippen LogP contribution in [0.2, 0.25) is 0 Å². The minimum atomic E-state index is 1.07. The van der Waals surface area contributed by atoms with E-state index in [1.54, 1.807) is 0 Å². The van der Waals surface area contributed by atoms with Crippen LogP contribution in [0.25, 0.3) is 12.2 Å². The zero-order valence-electron chi connectivity index (χ0n) is 8.66. The molecule has 0 amide bonds. The number of benzene rings is 1. The van der Waals surface area contributed by atoms with Gasteiger partial charge in [0, 0.05) is 9.75 Å². The Morgan fingerprint density at radius 1 is 1.07 bits per heavy atom. The SMILES string of the molecule is Cc1cc2c(s1)C=Cc1ccccc1C2. The molecule has 15 heavy (non-hydrogen) atoms. The fourth-order valence-electron chi connectivity index (χ4n) is 2.09. The third kappa shape index (κ3) is 1.53. The number of fused-ring (bicyclic) bond motifs is 2. The molecule has 0 atom stereocenters. The van der Waals surface area contributed by atoms with Crippen LogP contribution in [0.15, 0.2) is 30.3 Å². The van der Waals surface area contributed by atoms with Gasteiger partial charge < -0.3 is 0 Å². The molecule has 0 radical (unpaired) electrons. The quantitative estimate of drug-likeness (QED) is 0.525. The zero-order chi connectivity index (χ0) is 10.3. The molecule has 0 unspecified atom stereocenters. The molecule has 1 aromatic carbocycles. The highest BCUT2D eigenvalue weighted by molar-refractivity contribution is 7.13.